The number of likely N-dealkylation sites (N-methyl/N-ethyl adjacent to an activating group) is 1. The lowest BCUT2D eigenvalue weighted by molar-refractivity contribution is -0.129. The summed E-state index contributed by atoms with van der Waals surface area (Å²) in [6.45, 7) is 3.60. The van der Waals surface area contributed by atoms with E-state index in [2.05, 4.69) is 22.5 Å². The molecular weight excluding hydrogens is 296 g/mol. The summed E-state index contributed by atoms with van der Waals surface area (Å²) in [6, 6.07) is 5.42. The third-order valence-corrected chi connectivity index (χ3v) is 4.71. The molecule has 0 radical (unpaired) electrons. The molecule has 0 aromatic carbocycles. The van der Waals surface area contributed by atoms with Crippen LogP contribution in [0.4, 0.5) is 0 Å². The number of hydrogen-bond donors (Lipinski definition) is 1. The molecule has 4 rings (SSSR count). The van der Waals surface area contributed by atoms with Gasteiger partial charge in [0.15, 0.2) is 5.76 Å². The van der Waals surface area contributed by atoms with E-state index in [9.17, 15) is 4.79 Å². The summed E-state index contributed by atoms with van der Waals surface area (Å²) in [6.07, 6.45) is 3.19. The number of nitrogens with zero attached hydrogens (tertiary/aromatic N) is 3. The number of piperazine rings is 1. The second kappa shape index (κ2) is 5.50. The largest absolute Gasteiger partial charge is 0.461 e. The fourth-order valence-electron chi connectivity index (χ4n) is 2.93. The minimum absolute atomic E-state index is 0.0151. The van der Waals surface area contributed by atoms with E-state index in [1.165, 1.54) is 0 Å². The Bertz CT molecular complexity index is 682. The zero-order valence-corrected chi connectivity index (χ0v) is 13.1. The van der Waals surface area contributed by atoms with E-state index in [4.69, 9.17) is 8.94 Å². The van der Waals surface area contributed by atoms with E-state index in [1.807, 2.05) is 17.1 Å². The highest BCUT2D eigenvalue weighted by atomic mass is 16.5. The third-order valence-electron chi connectivity index (χ3n) is 4.71. The molecular formula is C16H20N4O3. The number of carbonyl (C=O) groups is 1. The van der Waals surface area contributed by atoms with Gasteiger partial charge >= 0.3 is 0 Å². The van der Waals surface area contributed by atoms with Crippen molar-refractivity contribution in [3.05, 3.63) is 30.2 Å². The molecule has 1 N–H and O–H groups in total. The molecule has 1 saturated carbocycles. The molecule has 1 aliphatic carbocycles. The van der Waals surface area contributed by atoms with Gasteiger partial charge in [-0.05, 0) is 32.0 Å². The van der Waals surface area contributed by atoms with Crippen LogP contribution in [0.25, 0.3) is 11.5 Å². The lowest BCUT2D eigenvalue weighted by Crippen LogP contribution is -2.54. The summed E-state index contributed by atoms with van der Waals surface area (Å²) in [5, 5.41) is 6.11. The van der Waals surface area contributed by atoms with Crippen molar-refractivity contribution in [3.8, 4) is 11.5 Å². The highest BCUT2D eigenvalue weighted by molar-refractivity contribution is 5.90. The number of carbonyl (C=O) groups excluding carboxylic acids is 1. The Balaban J connectivity index is 1.46. The molecule has 0 bridgehead atoms. The standard InChI is InChI=1S/C16H20N4O3/c1-19-6-8-20(9-7-19)17-15(21)16(4-5-16)14-11-13(23-18-14)12-3-2-10-22-12/h2-3,10-11H,4-9H2,1H3,(H,17,21). The predicted octanol–water partition coefficient (Wildman–Crippen LogP) is 1.24. The highest BCUT2D eigenvalue weighted by Gasteiger charge is 2.54. The van der Waals surface area contributed by atoms with E-state index < -0.39 is 5.41 Å². The van der Waals surface area contributed by atoms with Crippen LogP contribution in [-0.2, 0) is 10.2 Å². The summed E-state index contributed by atoms with van der Waals surface area (Å²) in [5.41, 5.74) is 3.19. The normalized spacial score (nSPS) is 21.3. The van der Waals surface area contributed by atoms with Gasteiger partial charge in [0.05, 0.1) is 17.4 Å². The van der Waals surface area contributed by atoms with Gasteiger partial charge in [-0.3, -0.25) is 10.2 Å². The van der Waals surface area contributed by atoms with Crippen LogP contribution in [0.3, 0.4) is 0 Å². The molecule has 0 atom stereocenters. The molecule has 1 saturated heterocycles. The van der Waals surface area contributed by atoms with Crippen molar-refractivity contribution in [2.24, 2.45) is 0 Å². The Morgan fingerprint density at radius 2 is 2.04 bits per heavy atom. The molecule has 0 spiro atoms. The first-order valence-electron chi connectivity index (χ1n) is 7.93. The van der Waals surface area contributed by atoms with Crippen molar-refractivity contribution in [2.75, 3.05) is 33.2 Å². The summed E-state index contributed by atoms with van der Waals surface area (Å²) in [5.74, 6) is 1.20. The number of aromatic nitrogens is 1. The van der Waals surface area contributed by atoms with Gasteiger partial charge in [0.25, 0.3) is 0 Å². The first-order chi connectivity index (χ1) is 11.2. The van der Waals surface area contributed by atoms with Crippen LogP contribution in [0.15, 0.2) is 33.4 Å². The number of furan rings is 1. The summed E-state index contributed by atoms with van der Waals surface area (Å²) < 4.78 is 10.7. The monoisotopic (exact) mass is 316 g/mol. The van der Waals surface area contributed by atoms with Gasteiger partial charge < -0.3 is 13.8 Å². The second-order valence-electron chi connectivity index (χ2n) is 6.37. The zero-order chi connectivity index (χ0) is 15.9. The van der Waals surface area contributed by atoms with Crippen molar-refractivity contribution >= 4 is 5.91 Å². The van der Waals surface area contributed by atoms with Crippen LogP contribution in [0.5, 0.6) is 0 Å². The van der Waals surface area contributed by atoms with Crippen LogP contribution in [0.1, 0.15) is 18.5 Å². The fraction of sp³-hybridized carbons (Fsp3) is 0.500. The second-order valence-corrected chi connectivity index (χ2v) is 6.37. The predicted molar refractivity (Wildman–Crippen MR) is 82.3 cm³/mol. The Morgan fingerprint density at radius 3 is 2.70 bits per heavy atom. The number of nitrogens with one attached hydrogen (secondary N) is 1. The number of hydrogen-bond acceptors (Lipinski definition) is 6. The molecule has 0 unspecified atom stereocenters. The molecule has 7 heteroatoms. The summed E-state index contributed by atoms with van der Waals surface area (Å²) >= 11 is 0. The van der Waals surface area contributed by atoms with Crippen molar-refractivity contribution in [3.63, 3.8) is 0 Å². The molecule has 1 amide bonds. The van der Waals surface area contributed by atoms with E-state index in [1.54, 1.807) is 12.3 Å². The molecule has 23 heavy (non-hydrogen) atoms. The maximum absolute atomic E-state index is 12.7. The molecule has 7 nitrogen and oxygen atoms in total. The molecule has 2 aromatic heterocycles. The smallest absolute Gasteiger partial charge is 0.246 e. The van der Waals surface area contributed by atoms with Crippen LogP contribution >= 0.6 is 0 Å². The van der Waals surface area contributed by atoms with Gasteiger partial charge in [-0.25, -0.2) is 5.01 Å². The van der Waals surface area contributed by atoms with E-state index in [0.717, 1.165) is 39.0 Å². The van der Waals surface area contributed by atoms with Crippen molar-refractivity contribution in [1.29, 1.82) is 0 Å². The Morgan fingerprint density at radius 1 is 1.26 bits per heavy atom. The highest BCUT2D eigenvalue weighted by Crippen LogP contribution is 2.48. The summed E-state index contributed by atoms with van der Waals surface area (Å²) in [7, 11) is 2.09. The average molecular weight is 316 g/mol. The van der Waals surface area contributed by atoms with Crippen LogP contribution < -0.4 is 5.43 Å². The Hall–Kier alpha value is -2.12. The fourth-order valence-corrected chi connectivity index (χ4v) is 2.93. The van der Waals surface area contributed by atoms with Crippen LogP contribution in [-0.4, -0.2) is 54.2 Å². The molecule has 2 aromatic rings. The third kappa shape index (κ3) is 2.66. The van der Waals surface area contributed by atoms with Gasteiger partial charge in [-0.15, -0.1) is 0 Å². The maximum atomic E-state index is 12.7. The van der Waals surface area contributed by atoms with Crippen LogP contribution in [0.2, 0.25) is 0 Å². The van der Waals surface area contributed by atoms with Gasteiger partial charge in [0, 0.05) is 32.2 Å². The van der Waals surface area contributed by atoms with Crippen molar-refractivity contribution in [1.82, 2.24) is 20.5 Å². The van der Waals surface area contributed by atoms with Crippen LogP contribution in [0, 0.1) is 0 Å². The van der Waals surface area contributed by atoms with Crippen molar-refractivity contribution in [2.45, 2.75) is 18.3 Å². The van der Waals surface area contributed by atoms with Crippen molar-refractivity contribution < 1.29 is 13.7 Å². The van der Waals surface area contributed by atoms with Gasteiger partial charge in [-0.2, -0.15) is 0 Å². The zero-order valence-electron chi connectivity index (χ0n) is 13.1. The minimum atomic E-state index is -0.544. The Labute approximate surface area is 134 Å². The quantitative estimate of drug-likeness (QED) is 0.915. The van der Waals surface area contributed by atoms with E-state index >= 15 is 0 Å². The maximum Gasteiger partial charge on any atom is 0.246 e. The molecule has 3 heterocycles. The molecule has 1 aliphatic heterocycles. The van der Waals surface area contributed by atoms with Gasteiger partial charge in [-0.1, -0.05) is 5.16 Å². The van der Waals surface area contributed by atoms with Gasteiger partial charge in [0.1, 0.15) is 0 Å². The number of amides is 1. The first-order valence-corrected chi connectivity index (χ1v) is 7.93. The number of rotatable bonds is 4. The Kier molecular flexibility index (Phi) is 3.46. The SMILES string of the molecule is CN1CCN(NC(=O)C2(c3cc(-c4ccco4)on3)CC2)CC1. The van der Waals surface area contributed by atoms with Gasteiger partial charge in [0.2, 0.25) is 11.7 Å². The topological polar surface area (TPSA) is 74.8 Å². The minimum Gasteiger partial charge on any atom is -0.461 e. The molecule has 2 aliphatic rings. The van der Waals surface area contributed by atoms with E-state index in [-0.39, 0.29) is 5.91 Å². The molecule has 2 fully saturated rings. The van der Waals surface area contributed by atoms with E-state index in [0.29, 0.717) is 17.2 Å². The molecule has 122 valence electrons. The summed E-state index contributed by atoms with van der Waals surface area (Å²) in [4.78, 5) is 15.0. The number of hydrazine groups is 1. The first kappa shape index (κ1) is 14.5. The lowest BCUT2D eigenvalue weighted by atomic mass is 10.0. The lowest BCUT2D eigenvalue weighted by Gasteiger charge is -2.33. The average Bonchev–Trinajstić information content (AvgIpc) is 2.99.